The molecule has 0 amide bonds. The van der Waals surface area contributed by atoms with Gasteiger partial charge in [-0.25, -0.2) is 0 Å². The highest BCUT2D eigenvalue weighted by molar-refractivity contribution is 5.87. The average Bonchev–Trinajstić information content (AvgIpc) is 2.82. The summed E-state index contributed by atoms with van der Waals surface area (Å²) in [5.74, 6) is 2.95. The number of hydrogen-bond donors (Lipinski definition) is 0. The molecule has 0 N–H and O–H groups in total. The van der Waals surface area contributed by atoms with E-state index in [1.54, 1.807) is 6.92 Å². The molecule has 7 atom stereocenters. The quantitative estimate of drug-likeness (QED) is 0.664. The van der Waals surface area contributed by atoms with Crippen LogP contribution < -0.4 is 0 Å². The van der Waals surface area contributed by atoms with E-state index in [0.29, 0.717) is 35.7 Å². The first kappa shape index (κ1) is 15.6. The van der Waals surface area contributed by atoms with Crippen LogP contribution in [0.25, 0.3) is 0 Å². The van der Waals surface area contributed by atoms with Crippen LogP contribution in [0.1, 0.15) is 65.7 Å². The van der Waals surface area contributed by atoms with Crippen LogP contribution in [-0.4, -0.2) is 11.6 Å². The zero-order chi connectivity index (χ0) is 16.4. The lowest BCUT2D eigenvalue weighted by Gasteiger charge is -2.58. The lowest BCUT2D eigenvalue weighted by atomic mass is 9.45. The van der Waals surface area contributed by atoms with Crippen molar-refractivity contribution in [2.75, 3.05) is 0 Å². The number of rotatable bonds is 1. The smallest absolute Gasteiger partial charge is 0.137 e. The molecule has 0 spiro atoms. The maximum absolute atomic E-state index is 13.3. The Morgan fingerprint density at radius 3 is 2.61 bits per heavy atom. The molecule has 0 saturated heterocycles. The van der Waals surface area contributed by atoms with Crippen LogP contribution in [0, 0.1) is 40.4 Å². The van der Waals surface area contributed by atoms with E-state index >= 15 is 0 Å². The summed E-state index contributed by atoms with van der Waals surface area (Å²) in [6.07, 6.45) is 12.2. The summed E-state index contributed by atoms with van der Waals surface area (Å²) < 4.78 is 0. The molecule has 3 saturated carbocycles. The van der Waals surface area contributed by atoms with Crippen LogP contribution in [-0.2, 0) is 9.59 Å². The molecule has 0 heterocycles. The summed E-state index contributed by atoms with van der Waals surface area (Å²) in [4.78, 5) is 25.4. The zero-order valence-electron chi connectivity index (χ0n) is 14.8. The Morgan fingerprint density at radius 1 is 1.09 bits per heavy atom. The first-order valence-corrected chi connectivity index (χ1v) is 9.56. The van der Waals surface area contributed by atoms with E-state index in [0.717, 1.165) is 25.7 Å². The molecule has 126 valence electrons. The molecule has 0 aromatic heterocycles. The number of carbonyl (C=O) groups excluding carboxylic acids is 2. The predicted molar refractivity (Wildman–Crippen MR) is 90.8 cm³/mol. The maximum atomic E-state index is 13.3. The molecule has 4 aliphatic carbocycles. The summed E-state index contributed by atoms with van der Waals surface area (Å²) >= 11 is 0. The van der Waals surface area contributed by atoms with Gasteiger partial charge in [-0.15, -0.1) is 0 Å². The van der Waals surface area contributed by atoms with Crippen LogP contribution in [0.5, 0.6) is 0 Å². The summed E-state index contributed by atoms with van der Waals surface area (Å²) in [6, 6.07) is 0. The van der Waals surface area contributed by atoms with Gasteiger partial charge >= 0.3 is 0 Å². The van der Waals surface area contributed by atoms with E-state index in [4.69, 9.17) is 0 Å². The average molecular weight is 314 g/mol. The van der Waals surface area contributed by atoms with Gasteiger partial charge in [0.05, 0.1) is 0 Å². The second kappa shape index (κ2) is 5.04. The second-order valence-electron chi connectivity index (χ2n) is 9.33. The van der Waals surface area contributed by atoms with Crippen molar-refractivity contribution < 1.29 is 9.59 Å². The number of ketones is 2. The van der Waals surface area contributed by atoms with Gasteiger partial charge in [-0.3, -0.25) is 9.59 Å². The van der Waals surface area contributed by atoms with Crippen LogP contribution >= 0.6 is 0 Å². The molecular formula is C21H30O2. The summed E-state index contributed by atoms with van der Waals surface area (Å²) in [5.41, 5.74) is 0.113. The Labute approximate surface area is 140 Å². The highest BCUT2D eigenvalue weighted by Crippen LogP contribution is 2.65. The molecule has 0 radical (unpaired) electrons. The number of carbonyl (C=O) groups is 2. The van der Waals surface area contributed by atoms with Crippen molar-refractivity contribution in [1.29, 1.82) is 0 Å². The van der Waals surface area contributed by atoms with Gasteiger partial charge in [0.25, 0.3) is 0 Å². The fraction of sp³-hybridized carbons (Fsp3) is 0.810. The third-order valence-corrected chi connectivity index (χ3v) is 8.38. The van der Waals surface area contributed by atoms with Gasteiger partial charge in [0, 0.05) is 18.3 Å². The second-order valence-corrected chi connectivity index (χ2v) is 9.33. The van der Waals surface area contributed by atoms with E-state index in [-0.39, 0.29) is 22.7 Å². The minimum absolute atomic E-state index is 0.0578. The molecule has 2 heteroatoms. The first-order valence-electron chi connectivity index (χ1n) is 9.56. The van der Waals surface area contributed by atoms with Crippen LogP contribution in [0.2, 0.25) is 0 Å². The van der Waals surface area contributed by atoms with Gasteiger partial charge < -0.3 is 0 Å². The Kier molecular flexibility index (Phi) is 3.42. The van der Waals surface area contributed by atoms with Crippen molar-refractivity contribution in [2.24, 2.45) is 40.4 Å². The van der Waals surface area contributed by atoms with Gasteiger partial charge in [0.1, 0.15) is 11.6 Å². The fourth-order valence-corrected chi connectivity index (χ4v) is 7.33. The summed E-state index contributed by atoms with van der Waals surface area (Å²) in [7, 11) is 0. The molecule has 23 heavy (non-hydrogen) atoms. The Balaban J connectivity index is 1.72. The van der Waals surface area contributed by atoms with Crippen molar-refractivity contribution in [3.8, 4) is 0 Å². The standard InChI is InChI=1S/C21H30O2/c1-13(22)16-9-10-17-15-8-7-14-6-4-5-11-20(14,2)19(15)18(23)12-21(16,17)3/h4-5,14-17,19H,6-12H2,1-3H3/t14-,15+,16-,17+,19-,20+,21-/m1/s1. The number of Topliss-reactive ketones (excluding diaryl/α,β-unsaturated/α-hetero) is 2. The van der Waals surface area contributed by atoms with E-state index in [2.05, 4.69) is 26.0 Å². The summed E-state index contributed by atoms with van der Waals surface area (Å²) in [6.45, 7) is 6.37. The fourth-order valence-electron chi connectivity index (χ4n) is 7.33. The molecule has 0 aliphatic heterocycles. The molecule has 0 aromatic carbocycles. The van der Waals surface area contributed by atoms with Gasteiger partial charge in [-0.05, 0) is 74.0 Å². The minimum atomic E-state index is -0.0578. The molecular weight excluding hydrogens is 284 g/mol. The van der Waals surface area contributed by atoms with Gasteiger partial charge in [-0.2, -0.15) is 0 Å². The topological polar surface area (TPSA) is 34.1 Å². The first-order chi connectivity index (χ1) is 10.9. The Morgan fingerprint density at radius 2 is 1.87 bits per heavy atom. The molecule has 2 nitrogen and oxygen atoms in total. The molecule has 0 aromatic rings. The monoisotopic (exact) mass is 314 g/mol. The highest BCUT2D eigenvalue weighted by atomic mass is 16.1. The van der Waals surface area contributed by atoms with Crippen LogP contribution in [0.3, 0.4) is 0 Å². The van der Waals surface area contributed by atoms with Crippen molar-refractivity contribution in [2.45, 2.75) is 65.7 Å². The predicted octanol–water partition coefficient (Wildman–Crippen LogP) is 4.58. The van der Waals surface area contributed by atoms with E-state index in [1.165, 1.54) is 12.8 Å². The van der Waals surface area contributed by atoms with Crippen molar-refractivity contribution in [1.82, 2.24) is 0 Å². The third kappa shape index (κ3) is 1.99. The Hall–Kier alpha value is -0.920. The van der Waals surface area contributed by atoms with E-state index in [1.807, 2.05) is 0 Å². The molecule has 0 unspecified atom stereocenters. The molecule has 4 rings (SSSR count). The molecule has 4 aliphatic rings. The molecule has 3 fully saturated rings. The highest BCUT2D eigenvalue weighted by Gasteiger charge is 2.63. The van der Waals surface area contributed by atoms with E-state index in [9.17, 15) is 9.59 Å². The van der Waals surface area contributed by atoms with Gasteiger partial charge in [0.15, 0.2) is 0 Å². The zero-order valence-corrected chi connectivity index (χ0v) is 14.8. The lowest BCUT2D eigenvalue weighted by molar-refractivity contribution is -0.155. The minimum Gasteiger partial charge on any atom is -0.300 e. The maximum Gasteiger partial charge on any atom is 0.137 e. The van der Waals surface area contributed by atoms with E-state index < -0.39 is 0 Å². The Bertz CT molecular complexity index is 576. The lowest BCUT2D eigenvalue weighted by Crippen LogP contribution is -2.56. The number of fused-ring (bicyclic) bond motifs is 5. The van der Waals surface area contributed by atoms with Crippen molar-refractivity contribution in [3.05, 3.63) is 12.2 Å². The van der Waals surface area contributed by atoms with Crippen LogP contribution in [0.15, 0.2) is 12.2 Å². The number of hydrogen-bond acceptors (Lipinski definition) is 2. The van der Waals surface area contributed by atoms with Crippen molar-refractivity contribution in [3.63, 3.8) is 0 Å². The van der Waals surface area contributed by atoms with Gasteiger partial charge in [0.2, 0.25) is 0 Å². The van der Waals surface area contributed by atoms with Gasteiger partial charge in [-0.1, -0.05) is 26.0 Å². The largest absolute Gasteiger partial charge is 0.300 e. The van der Waals surface area contributed by atoms with Crippen molar-refractivity contribution >= 4 is 11.6 Å². The summed E-state index contributed by atoms with van der Waals surface area (Å²) in [5, 5.41) is 0. The third-order valence-electron chi connectivity index (χ3n) is 8.38. The molecule has 0 bridgehead atoms. The normalized spacial score (nSPS) is 51.8. The van der Waals surface area contributed by atoms with Crippen LogP contribution in [0.4, 0.5) is 0 Å². The number of allylic oxidation sites excluding steroid dienone is 2. The SMILES string of the molecule is CC(=O)[C@H]1CC[C@H]2[C@@H]3CC[C@H]4CC=CC[C@]4(C)[C@H]3C(=O)C[C@]12C.